The van der Waals surface area contributed by atoms with Gasteiger partial charge in [0.25, 0.3) is 0 Å². The molecule has 1 aliphatic heterocycles. The number of carbonyl (C=O) groups is 1. The zero-order valence-electron chi connectivity index (χ0n) is 17.6. The second kappa shape index (κ2) is 9.15. The van der Waals surface area contributed by atoms with E-state index in [9.17, 15) is 13.2 Å². The molecule has 0 spiro atoms. The molecule has 0 bridgehead atoms. The fourth-order valence-corrected chi connectivity index (χ4v) is 4.95. The van der Waals surface area contributed by atoms with E-state index in [1.165, 1.54) is 19.2 Å². The van der Waals surface area contributed by atoms with Crippen LogP contribution in [0, 0.1) is 0 Å². The molecule has 1 heterocycles. The van der Waals surface area contributed by atoms with Gasteiger partial charge in [0.05, 0.1) is 24.2 Å². The topological polar surface area (TPSA) is 91.0 Å². The summed E-state index contributed by atoms with van der Waals surface area (Å²) in [6.45, 7) is 2.92. The minimum atomic E-state index is -3.58. The maximum atomic E-state index is 12.7. The van der Waals surface area contributed by atoms with Gasteiger partial charge in [-0.3, -0.25) is 4.79 Å². The van der Waals surface area contributed by atoms with Crippen molar-refractivity contribution in [2.24, 2.45) is 0 Å². The summed E-state index contributed by atoms with van der Waals surface area (Å²) < 4.78 is 33.0. The molecule has 4 rings (SSSR count). The van der Waals surface area contributed by atoms with Gasteiger partial charge in [-0.15, -0.1) is 0 Å². The lowest BCUT2D eigenvalue weighted by Gasteiger charge is -2.36. The first-order valence-electron chi connectivity index (χ1n) is 10.5. The Balaban J connectivity index is 1.36. The quantitative estimate of drug-likeness (QED) is 0.646. The Morgan fingerprint density at radius 1 is 1.06 bits per heavy atom. The first kappa shape index (κ1) is 21.5. The molecule has 1 saturated heterocycles. The maximum Gasteiger partial charge on any atom is 0.241 e. The Morgan fingerprint density at radius 3 is 2.42 bits per heavy atom. The predicted octanol–water partition coefficient (Wildman–Crippen LogP) is 1.90. The van der Waals surface area contributed by atoms with Crippen molar-refractivity contribution in [3.8, 4) is 5.75 Å². The summed E-state index contributed by atoms with van der Waals surface area (Å²) in [6.07, 6.45) is 1.74. The minimum Gasteiger partial charge on any atom is -0.495 e. The van der Waals surface area contributed by atoms with Crippen molar-refractivity contribution < 1.29 is 17.9 Å². The second-order valence-electron chi connectivity index (χ2n) is 7.81. The number of ether oxygens (including phenoxy) is 1. The Labute approximate surface area is 183 Å². The number of carbonyl (C=O) groups excluding carboxylic acids is 1. The van der Waals surface area contributed by atoms with Crippen molar-refractivity contribution in [3.05, 3.63) is 48.5 Å². The third-order valence-corrected chi connectivity index (χ3v) is 7.08. The summed E-state index contributed by atoms with van der Waals surface area (Å²) in [5.74, 6) is 0.464. The van der Waals surface area contributed by atoms with Crippen LogP contribution < -0.4 is 19.7 Å². The fourth-order valence-electron chi connectivity index (χ4n) is 3.62. The lowest BCUT2D eigenvalue weighted by atomic mass is 10.2. The molecule has 0 atom stereocenters. The summed E-state index contributed by atoms with van der Waals surface area (Å²) in [5, 5.41) is 3.06. The van der Waals surface area contributed by atoms with Gasteiger partial charge in [-0.25, -0.2) is 13.1 Å². The van der Waals surface area contributed by atoms with E-state index in [0.29, 0.717) is 24.5 Å². The summed E-state index contributed by atoms with van der Waals surface area (Å²) in [7, 11) is -2.07. The molecule has 166 valence electrons. The van der Waals surface area contributed by atoms with Crippen LogP contribution in [0.1, 0.15) is 12.8 Å². The van der Waals surface area contributed by atoms with E-state index in [1.807, 2.05) is 23.1 Å². The number of hydrogen-bond acceptors (Lipinski definition) is 6. The third-order valence-electron chi connectivity index (χ3n) is 5.56. The molecule has 2 aromatic carbocycles. The van der Waals surface area contributed by atoms with E-state index in [2.05, 4.69) is 27.1 Å². The highest BCUT2D eigenvalue weighted by molar-refractivity contribution is 7.89. The van der Waals surface area contributed by atoms with Gasteiger partial charge in [0, 0.05) is 37.9 Å². The number of amides is 1. The number of nitrogens with one attached hydrogen (secondary N) is 2. The zero-order valence-corrected chi connectivity index (χ0v) is 18.4. The molecule has 1 amide bonds. The van der Waals surface area contributed by atoms with Crippen LogP contribution in [-0.2, 0) is 14.8 Å². The van der Waals surface area contributed by atoms with Crippen molar-refractivity contribution in [2.45, 2.75) is 23.8 Å². The van der Waals surface area contributed by atoms with Crippen LogP contribution in [0.25, 0.3) is 0 Å². The van der Waals surface area contributed by atoms with Crippen molar-refractivity contribution in [3.63, 3.8) is 0 Å². The average molecular weight is 445 g/mol. The Kier molecular flexibility index (Phi) is 6.33. The summed E-state index contributed by atoms with van der Waals surface area (Å²) in [6, 6.07) is 14.8. The number of rotatable bonds is 8. The van der Waals surface area contributed by atoms with Crippen molar-refractivity contribution in [1.29, 1.82) is 0 Å². The van der Waals surface area contributed by atoms with E-state index in [4.69, 9.17) is 4.74 Å². The molecule has 0 unspecified atom stereocenters. The second-order valence-corrected chi connectivity index (χ2v) is 9.53. The van der Waals surface area contributed by atoms with Crippen LogP contribution in [0.2, 0.25) is 0 Å². The van der Waals surface area contributed by atoms with E-state index >= 15 is 0 Å². The largest absolute Gasteiger partial charge is 0.495 e. The molecule has 8 nitrogen and oxygen atoms in total. The van der Waals surface area contributed by atoms with Gasteiger partial charge < -0.3 is 19.9 Å². The standard InChI is InChI=1S/C22H28N4O4S/c1-30-21-10-9-19(31(28,29)24-17-7-8-17)15-20(21)23-16-22(27)26-13-11-25(12-14-26)18-5-3-2-4-6-18/h2-6,9-10,15,17,23-24H,7-8,11-14,16H2,1H3. The highest BCUT2D eigenvalue weighted by Crippen LogP contribution is 2.29. The van der Waals surface area contributed by atoms with Crippen LogP contribution in [0.4, 0.5) is 11.4 Å². The molecule has 1 saturated carbocycles. The number of methoxy groups -OCH3 is 1. The lowest BCUT2D eigenvalue weighted by molar-refractivity contribution is -0.129. The number of nitrogens with zero attached hydrogens (tertiary/aromatic N) is 2. The van der Waals surface area contributed by atoms with Crippen molar-refractivity contribution in [2.75, 3.05) is 50.1 Å². The molecule has 2 aliphatic rings. The molecule has 2 aromatic rings. The van der Waals surface area contributed by atoms with Crippen LogP contribution in [-0.4, -0.2) is 65.1 Å². The predicted molar refractivity (Wildman–Crippen MR) is 120 cm³/mol. The zero-order chi connectivity index (χ0) is 21.8. The van der Waals surface area contributed by atoms with Gasteiger partial charge in [0.15, 0.2) is 0 Å². The highest BCUT2D eigenvalue weighted by Gasteiger charge is 2.28. The molecular formula is C22H28N4O4S. The van der Waals surface area contributed by atoms with Gasteiger partial charge in [-0.05, 0) is 43.2 Å². The van der Waals surface area contributed by atoms with Gasteiger partial charge >= 0.3 is 0 Å². The lowest BCUT2D eigenvalue weighted by Crippen LogP contribution is -2.50. The smallest absolute Gasteiger partial charge is 0.241 e. The van der Waals surface area contributed by atoms with Crippen molar-refractivity contribution >= 4 is 27.3 Å². The first-order valence-corrected chi connectivity index (χ1v) is 12.0. The summed E-state index contributed by atoms with van der Waals surface area (Å²) >= 11 is 0. The first-order chi connectivity index (χ1) is 15.0. The molecule has 2 N–H and O–H groups in total. The third kappa shape index (κ3) is 5.29. The Hall–Kier alpha value is -2.78. The van der Waals surface area contributed by atoms with Gasteiger partial charge in [-0.2, -0.15) is 0 Å². The molecule has 9 heteroatoms. The molecule has 2 fully saturated rings. The van der Waals surface area contributed by atoms with E-state index in [-0.39, 0.29) is 23.4 Å². The average Bonchev–Trinajstić information content (AvgIpc) is 3.61. The number of benzene rings is 2. The van der Waals surface area contributed by atoms with Gasteiger partial charge in [0.2, 0.25) is 15.9 Å². The number of para-hydroxylation sites is 1. The summed E-state index contributed by atoms with van der Waals surface area (Å²) in [5.41, 5.74) is 1.65. The van der Waals surface area contributed by atoms with Gasteiger partial charge in [0.1, 0.15) is 5.75 Å². The number of sulfonamides is 1. The molecule has 31 heavy (non-hydrogen) atoms. The fraction of sp³-hybridized carbons (Fsp3) is 0.409. The molecule has 0 aromatic heterocycles. The SMILES string of the molecule is COc1ccc(S(=O)(=O)NC2CC2)cc1NCC(=O)N1CCN(c2ccccc2)CC1. The Bertz CT molecular complexity index is 1020. The minimum absolute atomic E-state index is 0.0274. The maximum absolute atomic E-state index is 12.7. The highest BCUT2D eigenvalue weighted by atomic mass is 32.2. The molecular weight excluding hydrogens is 416 g/mol. The summed E-state index contributed by atoms with van der Waals surface area (Å²) in [4.78, 5) is 17.0. The Morgan fingerprint density at radius 2 is 1.77 bits per heavy atom. The molecule has 1 aliphatic carbocycles. The van der Waals surface area contributed by atoms with E-state index in [1.54, 1.807) is 6.07 Å². The number of hydrogen-bond donors (Lipinski definition) is 2. The van der Waals surface area contributed by atoms with Crippen molar-refractivity contribution in [1.82, 2.24) is 9.62 Å². The number of anilines is 2. The number of piperazine rings is 1. The van der Waals surface area contributed by atoms with Crippen LogP contribution >= 0.6 is 0 Å². The van der Waals surface area contributed by atoms with Crippen LogP contribution in [0.15, 0.2) is 53.4 Å². The normalized spacial score (nSPS) is 16.8. The molecule has 0 radical (unpaired) electrons. The van der Waals surface area contributed by atoms with E-state index in [0.717, 1.165) is 31.6 Å². The van der Waals surface area contributed by atoms with Crippen LogP contribution in [0.3, 0.4) is 0 Å². The monoisotopic (exact) mass is 444 g/mol. The van der Waals surface area contributed by atoms with E-state index < -0.39 is 10.0 Å². The van der Waals surface area contributed by atoms with Crippen LogP contribution in [0.5, 0.6) is 5.75 Å². The van der Waals surface area contributed by atoms with Gasteiger partial charge in [-0.1, -0.05) is 18.2 Å².